The molecule has 0 saturated heterocycles. The van der Waals surface area contributed by atoms with E-state index in [1.807, 2.05) is 32.0 Å². The van der Waals surface area contributed by atoms with Crippen LogP contribution in [0.5, 0.6) is 11.5 Å². The lowest BCUT2D eigenvalue weighted by Crippen LogP contribution is -2.37. The molecule has 1 heterocycles. The molecule has 4 rings (SSSR count). The van der Waals surface area contributed by atoms with Crippen molar-refractivity contribution >= 4 is 15.9 Å². The van der Waals surface area contributed by atoms with Gasteiger partial charge in [-0.2, -0.15) is 0 Å². The second-order valence-corrected chi connectivity index (χ2v) is 10.8. The molecule has 1 aliphatic carbocycles. The van der Waals surface area contributed by atoms with Gasteiger partial charge in [-0.3, -0.25) is 4.79 Å². The number of amides is 1. The fraction of sp³-hybridized carbons (Fsp3) is 0.480. The smallest absolute Gasteiger partial charge is 0.240 e. The molecule has 2 aromatic rings. The van der Waals surface area contributed by atoms with Crippen molar-refractivity contribution in [3.8, 4) is 11.5 Å². The van der Waals surface area contributed by atoms with Crippen LogP contribution < -0.4 is 19.5 Å². The fourth-order valence-corrected chi connectivity index (χ4v) is 5.52. The first-order chi connectivity index (χ1) is 15.8. The van der Waals surface area contributed by atoms with Crippen LogP contribution in [0.3, 0.4) is 0 Å². The molecule has 1 fully saturated rings. The summed E-state index contributed by atoms with van der Waals surface area (Å²) in [4.78, 5) is 13.1. The van der Waals surface area contributed by atoms with E-state index in [1.165, 1.54) is 0 Å². The lowest BCUT2D eigenvalue weighted by atomic mass is 9.81. The zero-order valence-electron chi connectivity index (χ0n) is 19.2. The van der Waals surface area contributed by atoms with Gasteiger partial charge in [-0.25, -0.2) is 13.1 Å². The van der Waals surface area contributed by atoms with Gasteiger partial charge in [-0.1, -0.05) is 23.8 Å². The van der Waals surface area contributed by atoms with Crippen LogP contribution in [0.2, 0.25) is 0 Å². The van der Waals surface area contributed by atoms with E-state index in [2.05, 4.69) is 10.0 Å². The van der Waals surface area contributed by atoms with Crippen LogP contribution in [-0.4, -0.2) is 34.1 Å². The molecule has 1 amide bonds. The van der Waals surface area contributed by atoms with E-state index >= 15 is 0 Å². The Hall–Kier alpha value is -2.58. The SMILES string of the molecule is Cc1ccc(S(=O)(=O)NCC2CCC(C(=O)N[C@@H](C)c3ccc4c(c3)OCCO4)CC2)cc1. The largest absolute Gasteiger partial charge is 0.486 e. The number of fused-ring (bicyclic) bond motifs is 1. The van der Waals surface area contributed by atoms with Crippen molar-refractivity contribution in [3.05, 3.63) is 53.6 Å². The summed E-state index contributed by atoms with van der Waals surface area (Å²) in [5.74, 6) is 1.70. The summed E-state index contributed by atoms with van der Waals surface area (Å²) in [5, 5.41) is 3.12. The Labute approximate surface area is 195 Å². The van der Waals surface area contributed by atoms with Crippen molar-refractivity contribution in [2.45, 2.75) is 50.5 Å². The number of carbonyl (C=O) groups is 1. The first-order valence-corrected chi connectivity index (χ1v) is 13.1. The zero-order valence-corrected chi connectivity index (χ0v) is 20.0. The van der Waals surface area contributed by atoms with Gasteiger partial charge >= 0.3 is 0 Å². The maximum atomic E-state index is 12.8. The Kier molecular flexibility index (Phi) is 7.24. The van der Waals surface area contributed by atoms with Crippen LogP contribution in [-0.2, 0) is 14.8 Å². The van der Waals surface area contributed by atoms with Crippen molar-refractivity contribution in [2.24, 2.45) is 11.8 Å². The normalized spacial score (nSPS) is 21.3. The minimum atomic E-state index is -3.51. The van der Waals surface area contributed by atoms with Gasteiger partial charge in [0.2, 0.25) is 15.9 Å². The van der Waals surface area contributed by atoms with Gasteiger partial charge < -0.3 is 14.8 Å². The average molecular weight is 473 g/mol. The molecular formula is C25H32N2O5S. The van der Waals surface area contributed by atoms with E-state index in [0.29, 0.717) is 25.5 Å². The van der Waals surface area contributed by atoms with Crippen LogP contribution in [0, 0.1) is 18.8 Å². The number of aryl methyl sites for hydroxylation is 1. The Bertz CT molecular complexity index is 1080. The van der Waals surface area contributed by atoms with Gasteiger partial charge in [0.25, 0.3) is 0 Å². The van der Waals surface area contributed by atoms with Crippen LogP contribution in [0.25, 0.3) is 0 Å². The van der Waals surface area contributed by atoms with E-state index < -0.39 is 10.0 Å². The Morgan fingerprint density at radius 2 is 1.67 bits per heavy atom. The Morgan fingerprint density at radius 3 is 2.36 bits per heavy atom. The second kappa shape index (κ2) is 10.1. The standard InChI is InChI=1S/C25H32N2O5S/c1-17-3-10-22(11-4-17)33(29,30)26-16-19-5-7-20(8-6-19)25(28)27-18(2)21-9-12-23-24(15-21)32-14-13-31-23/h3-4,9-12,15,18-20,26H,5-8,13-14,16H2,1-2H3,(H,27,28)/t18-,19?,20?/m0/s1. The molecule has 0 radical (unpaired) electrons. The van der Waals surface area contributed by atoms with Crippen LogP contribution in [0.1, 0.15) is 49.8 Å². The van der Waals surface area contributed by atoms with Gasteiger partial charge in [0.05, 0.1) is 10.9 Å². The molecule has 0 bridgehead atoms. The molecule has 7 nitrogen and oxygen atoms in total. The van der Waals surface area contributed by atoms with E-state index in [9.17, 15) is 13.2 Å². The molecule has 8 heteroatoms. The second-order valence-electron chi connectivity index (χ2n) is 9.02. The lowest BCUT2D eigenvalue weighted by Gasteiger charge is -2.29. The average Bonchev–Trinajstić information content (AvgIpc) is 2.83. The molecule has 178 valence electrons. The molecule has 1 atom stereocenters. The van der Waals surface area contributed by atoms with Gasteiger partial charge in [-0.05, 0) is 75.3 Å². The highest BCUT2D eigenvalue weighted by molar-refractivity contribution is 7.89. The molecule has 2 N–H and O–H groups in total. The first-order valence-electron chi connectivity index (χ1n) is 11.6. The maximum absolute atomic E-state index is 12.8. The van der Waals surface area contributed by atoms with Crippen molar-refractivity contribution in [1.82, 2.24) is 10.0 Å². The molecule has 0 unspecified atom stereocenters. The summed E-state index contributed by atoms with van der Waals surface area (Å²) < 4.78 is 39.0. The van der Waals surface area contributed by atoms with Crippen molar-refractivity contribution in [2.75, 3.05) is 19.8 Å². The number of nitrogens with one attached hydrogen (secondary N) is 2. The van der Waals surface area contributed by atoms with E-state index in [0.717, 1.165) is 42.6 Å². The molecular weight excluding hydrogens is 440 g/mol. The predicted octanol–water partition coefficient (Wildman–Crippen LogP) is 3.73. The summed E-state index contributed by atoms with van der Waals surface area (Å²) in [6.45, 7) is 5.37. The topological polar surface area (TPSA) is 93.7 Å². The third kappa shape index (κ3) is 5.86. The third-order valence-corrected chi connectivity index (χ3v) is 7.98. The van der Waals surface area contributed by atoms with Crippen LogP contribution in [0.15, 0.2) is 47.4 Å². The van der Waals surface area contributed by atoms with Crippen molar-refractivity contribution < 1.29 is 22.7 Å². The van der Waals surface area contributed by atoms with Crippen LogP contribution in [0.4, 0.5) is 0 Å². The summed E-state index contributed by atoms with van der Waals surface area (Å²) in [6, 6.07) is 12.5. The van der Waals surface area contributed by atoms with Gasteiger partial charge in [0.15, 0.2) is 11.5 Å². The van der Waals surface area contributed by atoms with E-state index in [1.54, 1.807) is 24.3 Å². The van der Waals surface area contributed by atoms with Gasteiger partial charge in [-0.15, -0.1) is 0 Å². The predicted molar refractivity (Wildman–Crippen MR) is 126 cm³/mol. The number of ether oxygens (including phenoxy) is 2. The monoisotopic (exact) mass is 472 g/mol. The molecule has 33 heavy (non-hydrogen) atoms. The molecule has 1 aliphatic heterocycles. The van der Waals surface area contributed by atoms with Gasteiger partial charge in [0, 0.05) is 12.5 Å². The number of benzene rings is 2. The minimum Gasteiger partial charge on any atom is -0.486 e. The quantitative estimate of drug-likeness (QED) is 0.641. The molecule has 1 saturated carbocycles. The number of hydrogen-bond acceptors (Lipinski definition) is 5. The first kappa shape index (κ1) is 23.6. The summed E-state index contributed by atoms with van der Waals surface area (Å²) in [5.41, 5.74) is 2.00. The Balaban J connectivity index is 1.24. The number of hydrogen-bond donors (Lipinski definition) is 2. The molecule has 0 aromatic heterocycles. The summed E-state index contributed by atoms with van der Waals surface area (Å²) in [6.07, 6.45) is 3.17. The number of carbonyl (C=O) groups excluding carboxylic acids is 1. The zero-order chi connectivity index (χ0) is 23.4. The third-order valence-electron chi connectivity index (χ3n) is 6.54. The highest BCUT2D eigenvalue weighted by Gasteiger charge is 2.28. The van der Waals surface area contributed by atoms with Crippen LogP contribution >= 0.6 is 0 Å². The summed E-state index contributed by atoms with van der Waals surface area (Å²) >= 11 is 0. The highest BCUT2D eigenvalue weighted by atomic mass is 32.2. The number of rotatable bonds is 7. The van der Waals surface area contributed by atoms with Gasteiger partial charge in [0.1, 0.15) is 13.2 Å². The van der Waals surface area contributed by atoms with Crippen molar-refractivity contribution in [3.63, 3.8) is 0 Å². The molecule has 0 spiro atoms. The molecule has 2 aliphatic rings. The number of sulfonamides is 1. The Morgan fingerprint density at radius 1 is 1.00 bits per heavy atom. The summed E-state index contributed by atoms with van der Waals surface area (Å²) in [7, 11) is -3.51. The van der Waals surface area contributed by atoms with E-state index in [4.69, 9.17) is 9.47 Å². The fourth-order valence-electron chi connectivity index (χ4n) is 4.40. The van der Waals surface area contributed by atoms with E-state index in [-0.39, 0.29) is 28.7 Å². The maximum Gasteiger partial charge on any atom is 0.240 e. The van der Waals surface area contributed by atoms with Crippen molar-refractivity contribution in [1.29, 1.82) is 0 Å². The molecule has 2 aromatic carbocycles. The minimum absolute atomic E-state index is 0.0467. The highest BCUT2D eigenvalue weighted by Crippen LogP contribution is 2.33. The lowest BCUT2D eigenvalue weighted by molar-refractivity contribution is -0.126.